The third-order valence-corrected chi connectivity index (χ3v) is 0.415. The van der Waals surface area contributed by atoms with Crippen LogP contribution in [0.15, 0.2) is 37.7 Å². The van der Waals surface area contributed by atoms with E-state index >= 15 is 0 Å². The van der Waals surface area contributed by atoms with Gasteiger partial charge in [-0.15, -0.1) is 13.2 Å². The average molecular weight is 322 g/mol. The van der Waals surface area contributed by atoms with Crippen LogP contribution in [0.2, 0.25) is 0 Å². The Morgan fingerprint density at radius 2 is 0.842 bits per heavy atom. The third-order valence-electron chi connectivity index (χ3n) is 0.415. The molecule has 122 valence electrons. The summed E-state index contributed by atoms with van der Waals surface area (Å²) in [4.78, 5) is 0. The van der Waals surface area contributed by atoms with Crippen molar-refractivity contribution in [3.05, 3.63) is 37.7 Å². The van der Waals surface area contributed by atoms with Gasteiger partial charge in [-0.1, -0.05) is 0 Å². The lowest BCUT2D eigenvalue weighted by atomic mass is 10.6. The van der Waals surface area contributed by atoms with Crippen molar-refractivity contribution in [2.75, 3.05) is 0 Å². The van der Waals surface area contributed by atoms with E-state index in [4.69, 9.17) is 0 Å². The van der Waals surface area contributed by atoms with E-state index in [0.717, 1.165) is 0 Å². The van der Waals surface area contributed by atoms with Gasteiger partial charge in [0.2, 0.25) is 0 Å². The predicted molar refractivity (Wildman–Crippen MR) is 49.0 cm³/mol. The van der Waals surface area contributed by atoms with E-state index in [1.54, 1.807) is 0 Å². The van der Waals surface area contributed by atoms with Crippen molar-refractivity contribution in [1.29, 1.82) is 0 Å². The fourth-order valence-electron chi connectivity index (χ4n) is 0.107. The van der Waals surface area contributed by atoms with Crippen LogP contribution in [-0.2, 0) is 0 Å². The second kappa shape index (κ2) is 21.6. The molecule has 0 fully saturated rings. The highest BCUT2D eigenvalue weighted by Gasteiger charge is 2.38. The molecule has 0 atom stereocenters. The molecule has 0 aliphatic heterocycles. The molecule has 0 amide bonds. The first-order valence-electron chi connectivity index (χ1n) is 2.87. The van der Waals surface area contributed by atoms with Gasteiger partial charge in [-0.05, 0) is 6.58 Å². The number of rotatable bonds is 0. The zero-order chi connectivity index (χ0) is 13.2. The minimum atomic E-state index is -5.56. The topological polar surface area (TPSA) is 0 Å². The van der Waals surface area contributed by atoms with Crippen LogP contribution in [0, 0.1) is 0 Å². The second-order valence-electron chi connectivity index (χ2n) is 1.41. The smallest absolute Gasteiger partial charge is 0.269 e. The number of halogens is 12. The van der Waals surface area contributed by atoms with Crippen LogP contribution in [0.3, 0.4) is 0 Å². The van der Waals surface area contributed by atoms with Crippen LogP contribution in [0.1, 0.15) is 0 Å². The summed E-state index contributed by atoms with van der Waals surface area (Å²) in [5, 5.41) is 0. The highest BCUT2D eigenvalue weighted by Crippen LogP contribution is 2.29. The molecule has 0 aromatic heterocycles. The molecule has 19 heavy (non-hydrogen) atoms. The van der Waals surface area contributed by atoms with Gasteiger partial charge >= 0.3 is 12.3 Å². The van der Waals surface area contributed by atoms with Gasteiger partial charge in [-0.2, -0.15) is 35.1 Å². The molecule has 0 saturated carbocycles. The highest BCUT2D eigenvalue weighted by molar-refractivity contribution is 4.98. The van der Waals surface area contributed by atoms with Crippen LogP contribution in [0.4, 0.5) is 53.9 Å². The van der Waals surface area contributed by atoms with Gasteiger partial charge in [0.15, 0.2) is 0 Å². The highest BCUT2D eigenvalue weighted by atomic mass is 19.4. The summed E-state index contributed by atoms with van der Waals surface area (Å²) in [6, 6.07) is 0. The maximum absolute atomic E-state index is 11.0. The van der Waals surface area contributed by atoms with Gasteiger partial charge in [-0.25, -0.2) is 0 Å². The van der Waals surface area contributed by atoms with E-state index in [0.29, 0.717) is 0 Å². The molecule has 0 unspecified atom stereocenters. The Bertz CT molecular complexity index is 209. The van der Waals surface area contributed by atoms with E-state index in [2.05, 4.69) is 19.7 Å². The van der Waals surface area contributed by atoms with Gasteiger partial charge in [-0.3, -0.25) is 18.8 Å². The van der Waals surface area contributed by atoms with Crippen LogP contribution >= 0.6 is 0 Å². The molecular formula is C7H10F12. The Morgan fingerprint density at radius 3 is 0.842 bits per heavy atom. The average Bonchev–Trinajstić information content (AvgIpc) is 2.04. The van der Waals surface area contributed by atoms with E-state index in [1.807, 2.05) is 0 Å². The standard InChI is InChI=1S/C3F6.C2H2F2.C2H4.4FH/c4-1(2(5)6)3(7,8)9;1-2(3)4;1-2;;;;/h;1H2;1-2H2;4*1H. The zero-order valence-corrected chi connectivity index (χ0v) is 8.78. The van der Waals surface area contributed by atoms with E-state index in [-0.39, 0.29) is 18.8 Å². The first-order chi connectivity index (χ1) is 6.59. The maximum Gasteiger partial charge on any atom is 0.448 e. The molecule has 0 aromatic carbocycles. The first kappa shape index (κ1) is 43.3. The molecule has 0 radical (unpaired) electrons. The van der Waals surface area contributed by atoms with Crippen molar-refractivity contribution in [2.24, 2.45) is 0 Å². The number of allylic oxidation sites excluding steroid dienone is 1. The Hall–Kier alpha value is -1.62. The monoisotopic (exact) mass is 322 g/mol. The fraction of sp³-hybridized carbons (Fsp3) is 0.143. The fourth-order valence-corrected chi connectivity index (χ4v) is 0.107. The summed E-state index contributed by atoms with van der Waals surface area (Å²) in [7, 11) is 0. The van der Waals surface area contributed by atoms with Crippen molar-refractivity contribution in [1.82, 2.24) is 0 Å². The van der Waals surface area contributed by atoms with Gasteiger partial charge < -0.3 is 0 Å². The molecule has 12 heteroatoms. The normalized spacial score (nSPS) is 6.95. The van der Waals surface area contributed by atoms with Crippen LogP contribution < -0.4 is 0 Å². The van der Waals surface area contributed by atoms with Crippen LogP contribution in [0.5, 0.6) is 0 Å². The Kier molecular flexibility index (Phi) is 49.3. The summed E-state index contributed by atoms with van der Waals surface area (Å²) in [6.07, 6.45) is -10.7. The first-order valence-corrected chi connectivity index (χ1v) is 2.87. The molecule has 0 aromatic rings. The van der Waals surface area contributed by atoms with Gasteiger partial charge in [0.25, 0.3) is 11.9 Å². The van der Waals surface area contributed by atoms with E-state index < -0.39 is 24.2 Å². The maximum atomic E-state index is 11.0. The van der Waals surface area contributed by atoms with Crippen LogP contribution in [0.25, 0.3) is 0 Å². The van der Waals surface area contributed by atoms with Crippen molar-refractivity contribution in [3.8, 4) is 0 Å². The quantitative estimate of drug-likeness (QED) is 0.412. The van der Waals surface area contributed by atoms with E-state index in [9.17, 15) is 35.1 Å². The SMILES string of the molecule is C=C.C=C(F)F.F.F.F.F.FC(F)=C(F)C(F)(F)F. The number of alkyl halides is 3. The lowest BCUT2D eigenvalue weighted by Crippen LogP contribution is -2.08. The molecule has 0 spiro atoms. The molecule has 0 aliphatic carbocycles. The van der Waals surface area contributed by atoms with Gasteiger partial charge in [0, 0.05) is 0 Å². The zero-order valence-electron chi connectivity index (χ0n) is 8.78. The van der Waals surface area contributed by atoms with E-state index in [1.165, 1.54) is 0 Å². The Labute approximate surface area is 99.1 Å². The molecule has 0 bridgehead atoms. The molecule has 0 heterocycles. The van der Waals surface area contributed by atoms with Gasteiger partial charge in [0.1, 0.15) is 0 Å². The minimum Gasteiger partial charge on any atom is -0.269 e. The number of hydrogen-bond acceptors (Lipinski definition) is 0. The predicted octanol–water partition coefficient (Wildman–Crippen LogP) is 5.44. The van der Waals surface area contributed by atoms with Gasteiger partial charge in [0.05, 0.1) is 0 Å². The van der Waals surface area contributed by atoms with Crippen molar-refractivity contribution >= 4 is 0 Å². The summed E-state index contributed by atoms with van der Waals surface area (Å²) in [6.45, 7) is 8.22. The summed E-state index contributed by atoms with van der Waals surface area (Å²) in [5.41, 5.74) is 0. The summed E-state index contributed by atoms with van der Waals surface area (Å²) >= 11 is 0. The lowest BCUT2D eigenvalue weighted by Gasteiger charge is -1.98. The van der Waals surface area contributed by atoms with Crippen molar-refractivity contribution < 1.29 is 53.9 Å². The van der Waals surface area contributed by atoms with Crippen molar-refractivity contribution in [3.63, 3.8) is 0 Å². The minimum absolute atomic E-state index is 0. The number of hydrogen-bond donors (Lipinski definition) is 0. The Morgan fingerprint density at radius 1 is 0.684 bits per heavy atom. The third kappa shape index (κ3) is 48.2. The lowest BCUT2D eigenvalue weighted by molar-refractivity contribution is -0.113. The summed E-state index contributed by atoms with van der Waals surface area (Å²) < 4.78 is 85.1. The van der Waals surface area contributed by atoms with Crippen LogP contribution in [-0.4, -0.2) is 6.18 Å². The second-order valence-corrected chi connectivity index (χ2v) is 1.41. The molecule has 0 aliphatic rings. The molecule has 0 nitrogen and oxygen atoms in total. The molecule has 0 saturated heterocycles. The summed E-state index contributed by atoms with van der Waals surface area (Å²) in [5.74, 6) is -3.33. The molecule has 0 rings (SSSR count). The largest absolute Gasteiger partial charge is 0.448 e. The Balaban J connectivity index is -0.0000000254. The van der Waals surface area contributed by atoms with Crippen molar-refractivity contribution in [2.45, 2.75) is 6.18 Å². The molecular weight excluding hydrogens is 312 g/mol. The molecule has 0 N–H and O–H groups in total.